The summed E-state index contributed by atoms with van der Waals surface area (Å²) in [5.41, 5.74) is 5.86. The van der Waals surface area contributed by atoms with Crippen molar-refractivity contribution < 1.29 is 23.5 Å². The van der Waals surface area contributed by atoms with Crippen LogP contribution in [0.4, 0.5) is 0 Å². The summed E-state index contributed by atoms with van der Waals surface area (Å²) >= 11 is 0. The Morgan fingerprint density at radius 2 is 1.49 bits per heavy atom. The summed E-state index contributed by atoms with van der Waals surface area (Å²) in [4.78, 5) is 26.9. The SMILES string of the molecule is CC(C)(C)OC(=O)C(CC(=O)NN1[C@@H](Cc2ccccc2)COC1(C)C)c1ccc(-c2ccc(-c3ccccc3)cc2)o1. The highest BCUT2D eigenvalue weighted by atomic mass is 16.6. The normalized spacial score (nSPS) is 17.4. The molecule has 43 heavy (non-hydrogen) atoms. The molecule has 2 heterocycles. The molecule has 3 aromatic carbocycles. The molecule has 1 aliphatic heterocycles. The zero-order chi connectivity index (χ0) is 30.6. The first kappa shape index (κ1) is 30.3. The number of amides is 1. The number of hydrazine groups is 1. The predicted molar refractivity (Wildman–Crippen MR) is 167 cm³/mol. The van der Waals surface area contributed by atoms with Crippen LogP contribution in [0.25, 0.3) is 22.5 Å². The minimum Gasteiger partial charge on any atom is -0.460 e. The number of hydrogen-bond donors (Lipinski definition) is 1. The fourth-order valence-electron chi connectivity index (χ4n) is 5.34. The van der Waals surface area contributed by atoms with E-state index >= 15 is 0 Å². The van der Waals surface area contributed by atoms with E-state index in [0.717, 1.165) is 22.3 Å². The number of esters is 1. The molecule has 0 aliphatic carbocycles. The van der Waals surface area contributed by atoms with Gasteiger partial charge in [-0.05, 0) is 69.9 Å². The van der Waals surface area contributed by atoms with Crippen LogP contribution in [0.1, 0.15) is 58.3 Å². The number of hydrogen-bond acceptors (Lipinski definition) is 6. The summed E-state index contributed by atoms with van der Waals surface area (Å²) < 4.78 is 18.0. The Bertz CT molecular complexity index is 1520. The molecule has 1 amide bonds. The highest BCUT2D eigenvalue weighted by Gasteiger charge is 2.42. The van der Waals surface area contributed by atoms with Crippen molar-refractivity contribution in [3.05, 3.63) is 108 Å². The average Bonchev–Trinajstić information content (AvgIpc) is 3.57. The van der Waals surface area contributed by atoms with Crippen LogP contribution in [0, 0.1) is 0 Å². The van der Waals surface area contributed by atoms with Crippen molar-refractivity contribution in [2.24, 2.45) is 0 Å². The number of rotatable bonds is 9. The predicted octanol–water partition coefficient (Wildman–Crippen LogP) is 7.14. The molecular formula is C36H40N2O5. The van der Waals surface area contributed by atoms with Gasteiger partial charge in [0.1, 0.15) is 28.8 Å². The van der Waals surface area contributed by atoms with Gasteiger partial charge in [0.2, 0.25) is 5.91 Å². The lowest BCUT2D eigenvalue weighted by Crippen LogP contribution is -2.55. The number of furan rings is 1. The van der Waals surface area contributed by atoms with E-state index in [0.29, 0.717) is 24.5 Å². The van der Waals surface area contributed by atoms with Gasteiger partial charge in [-0.3, -0.25) is 15.0 Å². The number of carbonyl (C=O) groups excluding carboxylic acids is 2. The maximum Gasteiger partial charge on any atom is 0.317 e. The average molecular weight is 581 g/mol. The fraction of sp³-hybridized carbons (Fsp3) is 0.333. The highest BCUT2D eigenvalue weighted by Crippen LogP contribution is 2.32. The summed E-state index contributed by atoms with van der Waals surface area (Å²) in [6.07, 6.45) is 0.574. The molecule has 7 heteroatoms. The van der Waals surface area contributed by atoms with Crippen molar-refractivity contribution in [3.63, 3.8) is 0 Å². The Labute approximate surface area is 253 Å². The molecule has 0 radical (unpaired) electrons. The molecule has 0 bridgehead atoms. The lowest BCUT2D eigenvalue weighted by molar-refractivity contribution is -0.159. The summed E-state index contributed by atoms with van der Waals surface area (Å²) in [5.74, 6) is -0.765. The van der Waals surface area contributed by atoms with Crippen molar-refractivity contribution in [2.75, 3.05) is 6.61 Å². The molecule has 1 aromatic heterocycles. The van der Waals surface area contributed by atoms with Crippen LogP contribution >= 0.6 is 0 Å². The minimum atomic E-state index is -0.921. The topological polar surface area (TPSA) is 81.0 Å². The van der Waals surface area contributed by atoms with Crippen molar-refractivity contribution >= 4 is 11.9 Å². The number of nitrogens with zero attached hydrogens (tertiary/aromatic N) is 1. The van der Waals surface area contributed by atoms with Crippen LogP contribution in [0.3, 0.4) is 0 Å². The van der Waals surface area contributed by atoms with Crippen molar-refractivity contribution in [2.45, 2.75) is 70.7 Å². The van der Waals surface area contributed by atoms with Crippen LogP contribution in [-0.2, 0) is 25.5 Å². The van der Waals surface area contributed by atoms with Gasteiger partial charge in [-0.1, -0.05) is 84.9 Å². The zero-order valence-electron chi connectivity index (χ0n) is 25.5. The van der Waals surface area contributed by atoms with E-state index < -0.39 is 23.2 Å². The van der Waals surface area contributed by atoms with Gasteiger partial charge in [0, 0.05) is 12.0 Å². The van der Waals surface area contributed by atoms with Gasteiger partial charge in [0.05, 0.1) is 12.6 Å². The lowest BCUT2D eigenvalue weighted by Gasteiger charge is -2.34. The molecule has 0 saturated carbocycles. The minimum absolute atomic E-state index is 0.0598. The van der Waals surface area contributed by atoms with Gasteiger partial charge in [-0.2, -0.15) is 5.01 Å². The van der Waals surface area contributed by atoms with Gasteiger partial charge in [-0.15, -0.1) is 0 Å². The quantitative estimate of drug-likeness (QED) is 0.212. The van der Waals surface area contributed by atoms with E-state index in [4.69, 9.17) is 13.9 Å². The van der Waals surface area contributed by atoms with Crippen molar-refractivity contribution in [3.8, 4) is 22.5 Å². The maximum absolute atomic E-state index is 13.5. The van der Waals surface area contributed by atoms with E-state index in [1.165, 1.54) is 0 Å². The Morgan fingerprint density at radius 3 is 2.14 bits per heavy atom. The van der Waals surface area contributed by atoms with E-state index in [1.54, 1.807) is 6.07 Å². The molecule has 2 atom stereocenters. The third-order valence-corrected chi connectivity index (χ3v) is 7.46. The molecule has 1 N–H and O–H groups in total. The largest absolute Gasteiger partial charge is 0.460 e. The maximum atomic E-state index is 13.5. The molecule has 4 aromatic rings. The van der Waals surface area contributed by atoms with Gasteiger partial charge >= 0.3 is 5.97 Å². The van der Waals surface area contributed by atoms with Gasteiger partial charge in [0.15, 0.2) is 0 Å². The second-order valence-corrected chi connectivity index (χ2v) is 12.4. The third kappa shape index (κ3) is 7.61. The first-order valence-corrected chi connectivity index (χ1v) is 14.7. The van der Waals surface area contributed by atoms with Crippen LogP contribution in [0.15, 0.2) is 101 Å². The van der Waals surface area contributed by atoms with Gasteiger partial charge < -0.3 is 13.9 Å². The Balaban J connectivity index is 1.34. The highest BCUT2D eigenvalue weighted by molar-refractivity contribution is 5.86. The van der Waals surface area contributed by atoms with Gasteiger partial charge in [-0.25, -0.2) is 0 Å². The van der Waals surface area contributed by atoms with Crippen molar-refractivity contribution in [1.29, 1.82) is 0 Å². The molecule has 224 valence electrons. The number of nitrogens with one attached hydrogen (secondary N) is 1. The Kier molecular flexibility index (Phi) is 8.85. The fourth-order valence-corrected chi connectivity index (χ4v) is 5.34. The zero-order valence-corrected chi connectivity index (χ0v) is 25.5. The Morgan fingerprint density at radius 1 is 0.884 bits per heavy atom. The van der Waals surface area contributed by atoms with Crippen LogP contribution in [-0.4, -0.2) is 40.9 Å². The molecule has 7 nitrogen and oxygen atoms in total. The third-order valence-electron chi connectivity index (χ3n) is 7.46. The standard InChI is InChI=1S/C36H40N2O5/c1-35(2,3)43-34(40)30(23-33(39)37-38-29(24-41-36(38,4)5)22-25-12-8-6-9-13-25)32-21-20-31(42-32)28-18-16-27(17-19-28)26-14-10-7-11-15-26/h6-21,29-30H,22-24H2,1-5H3,(H,37,39)/t29-,30?/m0/s1. The van der Waals surface area contributed by atoms with Crippen LogP contribution in [0.5, 0.6) is 0 Å². The van der Waals surface area contributed by atoms with Crippen molar-refractivity contribution in [1.82, 2.24) is 10.4 Å². The second-order valence-electron chi connectivity index (χ2n) is 12.4. The molecule has 1 aliphatic rings. The summed E-state index contributed by atoms with van der Waals surface area (Å²) in [6.45, 7) is 9.74. The lowest BCUT2D eigenvalue weighted by atomic mass is 10.0. The molecule has 0 spiro atoms. The first-order valence-electron chi connectivity index (χ1n) is 14.7. The molecule has 1 fully saturated rings. The smallest absolute Gasteiger partial charge is 0.317 e. The van der Waals surface area contributed by atoms with Gasteiger partial charge in [0.25, 0.3) is 0 Å². The summed E-state index contributed by atoms with van der Waals surface area (Å²) in [6, 6.07) is 31.8. The number of carbonyl (C=O) groups is 2. The number of ether oxygens (including phenoxy) is 2. The number of benzene rings is 3. The summed E-state index contributed by atoms with van der Waals surface area (Å²) in [7, 11) is 0. The molecular weight excluding hydrogens is 540 g/mol. The second kappa shape index (κ2) is 12.6. The van der Waals surface area contributed by atoms with E-state index in [-0.39, 0.29) is 18.4 Å². The molecule has 1 saturated heterocycles. The van der Waals surface area contributed by atoms with E-state index in [2.05, 4.69) is 29.7 Å². The van der Waals surface area contributed by atoms with E-state index in [1.807, 2.05) is 106 Å². The van der Waals surface area contributed by atoms with Crippen LogP contribution < -0.4 is 5.43 Å². The summed E-state index contributed by atoms with van der Waals surface area (Å²) in [5, 5.41) is 1.86. The Hall–Kier alpha value is -4.20. The molecule has 1 unspecified atom stereocenters. The van der Waals surface area contributed by atoms with Crippen LogP contribution in [0.2, 0.25) is 0 Å². The monoisotopic (exact) mass is 580 g/mol. The molecule has 5 rings (SSSR count). The van der Waals surface area contributed by atoms with E-state index in [9.17, 15) is 9.59 Å². The first-order chi connectivity index (χ1) is 20.5.